The number of aliphatic hydroxyl groups excluding tert-OH is 1. The van der Waals surface area contributed by atoms with Gasteiger partial charge in [0.25, 0.3) is 5.91 Å². The van der Waals surface area contributed by atoms with Crippen LogP contribution in [0.4, 0.5) is 5.13 Å². The van der Waals surface area contributed by atoms with E-state index in [1.807, 2.05) is 0 Å². The summed E-state index contributed by atoms with van der Waals surface area (Å²) in [5.41, 5.74) is 0.669. The van der Waals surface area contributed by atoms with E-state index in [9.17, 15) is 14.7 Å². The largest absolute Gasteiger partial charge is 0.503 e. The van der Waals surface area contributed by atoms with E-state index in [1.54, 1.807) is 48.7 Å². The normalized spacial score (nSPS) is 17.0. The molecule has 0 fully saturated rings. The van der Waals surface area contributed by atoms with Crippen LogP contribution in [0.3, 0.4) is 0 Å². The van der Waals surface area contributed by atoms with Crippen LogP contribution in [0.25, 0.3) is 0 Å². The topological polar surface area (TPSA) is 83.4 Å². The van der Waals surface area contributed by atoms with Gasteiger partial charge in [0.15, 0.2) is 5.76 Å². The molecule has 1 amide bonds. The van der Waals surface area contributed by atoms with Gasteiger partial charge in [0, 0.05) is 5.02 Å². The molecule has 2 aromatic heterocycles. The van der Waals surface area contributed by atoms with E-state index in [2.05, 4.69) is 10.2 Å². The molecule has 4 rings (SSSR count). The average molecular weight is 418 g/mol. The molecule has 1 atom stereocenters. The first-order valence-electron chi connectivity index (χ1n) is 7.88. The Labute approximate surface area is 167 Å². The highest BCUT2D eigenvalue weighted by Gasteiger charge is 2.46. The van der Waals surface area contributed by atoms with Gasteiger partial charge in [-0.25, -0.2) is 0 Å². The van der Waals surface area contributed by atoms with Crippen molar-refractivity contribution in [2.75, 3.05) is 4.90 Å². The fraction of sp³-hybridized carbons (Fsp3) is 0.111. The van der Waals surface area contributed by atoms with Crippen LogP contribution in [0.1, 0.15) is 26.3 Å². The monoisotopic (exact) mass is 417 g/mol. The number of halogens is 1. The standard InChI is InChI=1S/C18H12ClN3O3S2/c1-9-20-21-18(27-9)22-14(10-4-6-11(19)7-5-10)13(16(24)17(22)25)15(23)12-3-2-8-26-12/h2-8,14,24H,1H3/t14-/m1/s1. The maximum absolute atomic E-state index is 13.1. The van der Waals surface area contributed by atoms with Crippen LogP contribution in [-0.2, 0) is 4.79 Å². The van der Waals surface area contributed by atoms with Crippen LogP contribution in [0.5, 0.6) is 0 Å². The lowest BCUT2D eigenvalue weighted by Gasteiger charge is -2.24. The number of aliphatic hydroxyl groups is 1. The second-order valence-corrected chi connectivity index (χ2v) is 8.35. The molecule has 136 valence electrons. The van der Waals surface area contributed by atoms with Crippen molar-refractivity contribution in [2.24, 2.45) is 0 Å². The first-order valence-corrected chi connectivity index (χ1v) is 9.95. The maximum Gasteiger partial charge on any atom is 0.296 e. The molecule has 1 N–H and O–H groups in total. The number of anilines is 1. The van der Waals surface area contributed by atoms with Gasteiger partial charge in [-0.15, -0.1) is 21.5 Å². The van der Waals surface area contributed by atoms with Crippen LogP contribution in [0, 0.1) is 6.92 Å². The van der Waals surface area contributed by atoms with Gasteiger partial charge >= 0.3 is 0 Å². The number of ketones is 1. The Kier molecular flexibility index (Phi) is 4.55. The van der Waals surface area contributed by atoms with Crippen LogP contribution in [0.2, 0.25) is 5.02 Å². The zero-order valence-electron chi connectivity index (χ0n) is 13.9. The van der Waals surface area contributed by atoms with Crippen molar-refractivity contribution in [1.29, 1.82) is 0 Å². The maximum atomic E-state index is 13.1. The van der Waals surface area contributed by atoms with Crippen molar-refractivity contribution >= 4 is 51.1 Å². The number of benzene rings is 1. The molecule has 1 aliphatic heterocycles. The van der Waals surface area contributed by atoms with E-state index in [1.165, 1.54) is 27.6 Å². The SMILES string of the molecule is Cc1nnc(N2C(=O)C(O)=C(C(=O)c3cccs3)[C@H]2c2ccc(Cl)cc2)s1. The summed E-state index contributed by atoms with van der Waals surface area (Å²) in [4.78, 5) is 27.6. The van der Waals surface area contributed by atoms with E-state index in [-0.39, 0.29) is 11.4 Å². The average Bonchev–Trinajstić information content (AvgIpc) is 3.37. The van der Waals surface area contributed by atoms with Crippen molar-refractivity contribution in [2.45, 2.75) is 13.0 Å². The molecular weight excluding hydrogens is 406 g/mol. The molecule has 3 heterocycles. The molecule has 1 aliphatic rings. The minimum atomic E-state index is -0.809. The van der Waals surface area contributed by atoms with E-state index >= 15 is 0 Å². The highest BCUT2D eigenvalue weighted by molar-refractivity contribution is 7.15. The number of aryl methyl sites for hydroxylation is 1. The third-order valence-corrected chi connectivity index (χ3v) is 6.06. The van der Waals surface area contributed by atoms with Crippen LogP contribution in [0.15, 0.2) is 53.1 Å². The minimum Gasteiger partial charge on any atom is -0.503 e. The molecule has 0 aliphatic carbocycles. The number of carbonyl (C=O) groups excluding carboxylic acids is 2. The van der Waals surface area contributed by atoms with E-state index < -0.39 is 17.7 Å². The summed E-state index contributed by atoms with van der Waals surface area (Å²) in [6.07, 6.45) is 0. The lowest BCUT2D eigenvalue weighted by Crippen LogP contribution is -2.31. The van der Waals surface area contributed by atoms with Crippen molar-refractivity contribution in [3.8, 4) is 0 Å². The summed E-state index contributed by atoms with van der Waals surface area (Å²) >= 11 is 8.45. The fourth-order valence-electron chi connectivity index (χ4n) is 2.92. The van der Waals surface area contributed by atoms with E-state index in [4.69, 9.17) is 11.6 Å². The molecule has 27 heavy (non-hydrogen) atoms. The summed E-state index contributed by atoms with van der Waals surface area (Å²) in [6, 6.07) is 9.39. The molecule has 1 aromatic carbocycles. The van der Waals surface area contributed by atoms with Gasteiger partial charge in [0.2, 0.25) is 10.9 Å². The molecule has 9 heteroatoms. The van der Waals surface area contributed by atoms with Crippen molar-refractivity contribution in [1.82, 2.24) is 10.2 Å². The first kappa shape index (κ1) is 17.8. The third kappa shape index (κ3) is 3.05. The summed E-state index contributed by atoms with van der Waals surface area (Å²) in [7, 11) is 0. The lowest BCUT2D eigenvalue weighted by atomic mass is 9.95. The van der Waals surface area contributed by atoms with Gasteiger partial charge in [0.05, 0.1) is 16.5 Å². The van der Waals surface area contributed by atoms with E-state index in [0.717, 1.165) is 0 Å². The molecule has 3 aromatic rings. The number of hydrogen-bond acceptors (Lipinski definition) is 7. The number of aromatic nitrogens is 2. The molecule has 0 saturated carbocycles. The highest BCUT2D eigenvalue weighted by Crippen LogP contribution is 2.43. The Morgan fingerprint density at radius 3 is 2.56 bits per heavy atom. The van der Waals surface area contributed by atoms with E-state index in [0.29, 0.717) is 25.6 Å². The molecule has 0 unspecified atom stereocenters. The second-order valence-electron chi connectivity index (χ2n) is 5.80. The summed E-state index contributed by atoms with van der Waals surface area (Å²) in [6.45, 7) is 1.77. The zero-order chi connectivity index (χ0) is 19.1. The molecule has 0 bridgehead atoms. The Bertz CT molecular complexity index is 1060. The van der Waals surface area contributed by atoms with Gasteiger partial charge in [-0.1, -0.05) is 41.1 Å². The minimum absolute atomic E-state index is 0.0256. The van der Waals surface area contributed by atoms with Gasteiger partial charge in [-0.2, -0.15) is 0 Å². The number of carbonyl (C=O) groups is 2. The number of rotatable bonds is 4. The van der Waals surface area contributed by atoms with Gasteiger partial charge in [-0.05, 0) is 36.1 Å². The quantitative estimate of drug-likeness (QED) is 0.638. The molecule has 0 radical (unpaired) electrons. The molecule has 0 spiro atoms. The molecule has 6 nitrogen and oxygen atoms in total. The summed E-state index contributed by atoms with van der Waals surface area (Å²) in [5, 5.41) is 21.8. The number of Topliss-reactive ketones (excluding diaryl/α,β-unsaturated/α-hetero) is 1. The highest BCUT2D eigenvalue weighted by atomic mass is 35.5. The summed E-state index contributed by atoms with van der Waals surface area (Å²) in [5.74, 6) is -1.63. The Balaban J connectivity index is 1.88. The van der Waals surface area contributed by atoms with Crippen LogP contribution in [-0.4, -0.2) is 27.0 Å². The number of amides is 1. The smallest absolute Gasteiger partial charge is 0.296 e. The third-order valence-electron chi connectivity index (χ3n) is 4.10. The predicted octanol–water partition coefficient (Wildman–Crippen LogP) is 4.34. The van der Waals surface area contributed by atoms with Crippen molar-refractivity contribution < 1.29 is 14.7 Å². The number of hydrogen-bond donors (Lipinski definition) is 1. The van der Waals surface area contributed by atoms with Gasteiger partial charge < -0.3 is 5.11 Å². The van der Waals surface area contributed by atoms with Gasteiger partial charge in [0.1, 0.15) is 5.01 Å². The molecule has 0 saturated heterocycles. The molecular formula is C18H12ClN3O3S2. The predicted molar refractivity (Wildman–Crippen MR) is 105 cm³/mol. The van der Waals surface area contributed by atoms with Crippen molar-refractivity contribution in [3.05, 3.63) is 73.6 Å². The summed E-state index contributed by atoms with van der Waals surface area (Å²) < 4.78 is 0. The van der Waals surface area contributed by atoms with Crippen LogP contribution < -0.4 is 4.90 Å². The zero-order valence-corrected chi connectivity index (χ0v) is 16.3. The first-order chi connectivity index (χ1) is 13.0. The Morgan fingerprint density at radius 2 is 1.96 bits per heavy atom. The number of nitrogens with zero attached hydrogens (tertiary/aromatic N) is 3. The fourth-order valence-corrected chi connectivity index (χ4v) is 4.44. The Morgan fingerprint density at radius 1 is 1.22 bits per heavy atom. The second kappa shape index (κ2) is 6.88. The van der Waals surface area contributed by atoms with Gasteiger partial charge in [-0.3, -0.25) is 14.5 Å². The van der Waals surface area contributed by atoms with Crippen LogP contribution >= 0.6 is 34.3 Å². The number of thiophene rings is 1. The lowest BCUT2D eigenvalue weighted by molar-refractivity contribution is -0.117. The Hall–Kier alpha value is -2.55. The van der Waals surface area contributed by atoms with Crippen molar-refractivity contribution in [3.63, 3.8) is 0 Å².